The average Bonchev–Trinajstić information content (AvgIpc) is 2.28. The first kappa shape index (κ1) is 13.5. The van der Waals surface area contributed by atoms with Crippen LogP contribution in [0.1, 0.15) is 12.5 Å². The molecule has 0 aliphatic rings. The van der Waals surface area contributed by atoms with Crippen molar-refractivity contribution >= 4 is 15.9 Å². The Bertz CT molecular complexity index is 331. The minimum atomic E-state index is -0.469. The third-order valence-corrected chi connectivity index (χ3v) is 3.09. The molecule has 3 nitrogen and oxygen atoms in total. The predicted octanol–water partition coefficient (Wildman–Crippen LogP) is 2.11. The molecule has 0 saturated carbocycles. The SMILES string of the molecule is CCNCC(O)COc1ccc(Br)c(C)c1. The van der Waals surface area contributed by atoms with Crippen molar-refractivity contribution in [1.82, 2.24) is 5.32 Å². The number of likely N-dealkylation sites (N-methyl/N-ethyl adjacent to an activating group) is 1. The summed E-state index contributed by atoms with van der Waals surface area (Å²) >= 11 is 3.43. The summed E-state index contributed by atoms with van der Waals surface area (Å²) in [5, 5.41) is 12.6. The van der Waals surface area contributed by atoms with E-state index in [1.54, 1.807) is 0 Å². The normalized spacial score (nSPS) is 12.5. The molecular formula is C12H18BrNO2. The lowest BCUT2D eigenvalue weighted by atomic mass is 10.2. The molecule has 1 unspecified atom stereocenters. The second kappa shape index (κ2) is 6.89. The van der Waals surface area contributed by atoms with E-state index >= 15 is 0 Å². The van der Waals surface area contributed by atoms with Gasteiger partial charge in [0, 0.05) is 11.0 Å². The van der Waals surface area contributed by atoms with E-state index in [4.69, 9.17) is 4.74 Å². The zero-order valence-corrected chi connectivity index (χ0v) is 11.3. The van der Waals surface area contributed by atoms with Gasteiger partial charge in [-0.25, -0.2) is 0 Å². The van der Waals surface area contributed by atoms with Gasteiger partial charge >= 0.3 is 0 Å². The number of aliphatic hydroxyl groups excluding tert-OH is 1. The first-order valence-corrected chi connectivity index (χ1v) is 6.20. The van der Waals surface area contributed by atoms with Gasteiger partial charge in [-0.2, -0.15) is 0 Å². The molecule has 4 heteroatoms. The van der Waals surface area contributed by atoms with Crippen LogP contribution in [-0.2, 0) is 0 Å². The molecule has 0 bridgehead atoms. The van der Waals surface area contributed by atoms with Gasteiger partial charge in [0.25, 0.3) is 0 Å². The third-order valence-electron chi connectivity index (χ3n) is 2.20. The van der Waals surface area contributed by atoms with E-state index in [-0.39, 0.29) is 0 Å². The smallest absolute Gasteiger partial charge is 0.119 e. The van der Waals surface area contributed by atoms with Crippen LogP contribution < -0.4 is 10.1 Å². The van der Waals surface area contributed by atoms with Gasteiger partial charge < -0.3 is 15.2 Å². The second-order valence-corrected chi connectivity index (χ2v) is 4.54. The van der Waals surface area contributed by atoms with Gasteiger partial charge in [0.15, 0.2) is 0 Å². The van der Waals surface area contributed by atoms with E-state index in [2.05, 4.69) is 21.2 Å². The van der Waals surface area contributed by atoms with Gasteiger partial charge in [0.05, 0.1) is 0 Å². The number of halogens is 1. The van der Waals surface area contributed by atoms with Gasteiger partial charge in [0.2, 0.25) is 0 Å². The standard InChI is InChI=1S/C12H18BrNO2/c1-3-14-7-10(15)8-16-11-4-5-12(13)9(2)6-11/h4-6,10,14-15H,3,7-8H2,1-2H3. The van der Waals surface area contributed by atoms with Gasteiger partial charge in [-0.15, -0.1) is 0 Å². The predicted molar refractivity (Wildman–Crippen MR) is 68.9 cm³/mol. The number of ether oxygens (including phenoxy) is 1. The van der Waals surface area contributed by atoms with Crippen molar-refractivity contribution in [3.8, 4) is 5.75 Å². The largest absolute Gasteiger partial charge is 0.491 e. The molecule has 0 aliphatic heterocycles. The molecule has 0 spiro atoms. The van der Waals surface area contributed by atoms with E-state index < -0.39 is 6.10 Å². The molecule has 0 fully saturated rings. The molecule has 0 heterocycles. The Morgan fingerprint density at radius 3 is 2.88 bits per heavy atom. The summed E-state index contributed by atoms with van der Waals surface area (Å²) in [7, 11) is 0. The number of hydrogen-bond acceptors (Lipinski definition) is 3. The van der Waals surface area contributed by atoms with E-state index in [1.807, 2.05) is 32.0 Å². The summed E-state index contributed by atoms with van der Waals surface area (Å²) < 4.78 is 6.55. The number of aryl methyl sites for hydroxylation is 1. The molecule has 0 aliphatic carbocycles. The zero-order chi connectivity index (χ0) is 12.0. The summed E-state index contributed by atoms with van der Waals surface area (Å²) in [6.07, 6.45) is -0.469. The van der Waals surface area contributed by atoms with Crippen molar-refractivity contribution in [2.24, 2.45) is 0 Å². The van der Waals surface area contributed by atoms with Gasteiger partial charge in [0.1, 0.15) is 18.5 Å². The van der Waals surface area contributed by atoms with Crippen LogP contribution in [0, 0.1) is 6.92 Å². The van der Waals surface area contributed by atoms with Gasteiger partial charge in [-0.05, 0) is 37.2 Å². The maximum Gasteiger partial charge on any atom is 0.119 e. The Morgan fingerprint density at radius 2 is 2.25 bits per heavy atom. The highest BCUT2D eigenvalue weighted by atomic mass is 79.9. The van der Waals surface area contributed by atoms with Crippen molar-refractivity contribution in [3.05, 3.63) is 28.2 Å². The molecule has 0 saturated heterocycles. The first-order valence-electron chi connectivity index (χ1n) is 5.41. The quantitative estimate of drug-likeness (QED) is 0.842. The lowest BCUT2D eigenvalue weighted by Crippen LogP contribution is -2.31. The van der Waals surface area contributed by atoms with E-state index in [9.17, 15) is 5.11 Å². The fraction of sp³-hybridized carbons (Fsp3) is 0.500. The first-order chi connectivity index (χ1) is 7.63. The summed E-state index contributed by atoms with van der Waals surface area (Å²) in [4.78, 5) is 0. The van der Waals surface area contributed by atoms with Crippen LogP contribution in [0.25, 0.3) is 0 Å². The fourth-order valence-electron chi connectivity index (χ4n) is 1.27. The molecule has 16 heavy (non-hydrogen) atoms. The Morgan fingerprint density at radius 1 is 1.50 bits per heavy atom. The van der Waals surface area contributed by atoms with Crippen LogP contribution in [0.5, 0.6) is 5.75 Å². The molecule has 1 aromatic carbocycles. The molecule has 0 amide bonds. The fourth-order valence-corrected chi connectivity index (χ4v) is 1.52. The van der Waals surface area contributed by atoms with Crippen molar-refractivity contribution in [3.63, 3.8) is 0 Å². The number of rotatable bonds is 6. The Labute approximate surface area is 105 Å². The van der Waals surface area contributed by atoms with E-state index in [0.717, 1.165) is 22.3 Å². The monoisotopic (exact) mass is 287 g/mol. The number of hydrogen-bond donors (Lipinski definition) is 2. The van der Waals surface area contributed by atoms with Crippen molar-refractivity contribution < 1.29 is 9.84 Å². The van der Waals surface area contributed by atoms with Crippen molar-refractivity contribution in [2.75, 3.05) is 19.7 Å². The molecule has 1 aromatic rings. The number of benzene rings is 1. The van der Waals surface area contributed by atoms with Crippen LogP contribution in [0.2, 0.25) is 0 Å². The van der Waals surface area contributed by atoms with Crippen LogP contribution >= 0.6 is 15.9 Å². The summed E-state index contributed by atoms with van der Waals surface area (Å²) in [6, 6.07) is 5.78. The zero-order valence-electron chi connectivity index (χ0n) is 9.66. The molecule has 0 radical (unpaired) electrons. The highest BCUT2D eigenvalue weighted by Gasteiger charge is 2.04. The maximum absolute atomic E-state index is 9.57. The second-order valence-electron chi connectivity index (χ2n) is 3.68. The minimum Gasteiger partial charge on any atom is -0.491 e. The number of aliphatic hydroxyl groups is 1. The molecule has 1 atom stereocenters. The van der Waals surface area contributed by atoms with Gasteiger partial charge in [-0.3, -0.25) is 0 Å². The van der Waals surface area contributed by atoms with Crippen LogP contribution in [-0.4, -0.2) is 30.9 Å². The maximum atomic E-state index is 9.57. The molecule has 1 rings (SSSR count). The lowest BCUT2D eigenvalue weighted by molar-refractivity contribution is 0.107. The van der Waals surface area contributed by atoms with Gasteiger partial charge in [-0.1, -0.05) is 22.9 Å². The average molecular weight is 288 g/mol. The Balaban J connectivity index is 2.39. The van der Waals surface area contributed by atoms with Crippen LogP contribution in [0.15, 0.2) is 22.7 Å². The van der Waals surface area contributed by atoms with Crippen LogP contribution in [0.4, 0.5) is 0 Å². The highest BCUT2D eigenvalue weighted by Crippen LogP contribution is 2.21. The highest BCUT2D eigenvalue weighted by molar-refractivity contribution is 9.10. The minimum absolute atomic E-state index is 0.314. The molecule has 2 N–H and O–H groups in total. The number of nitrogens with one attached hydrogen (secondary N) is 1. The summed E-state index contributed by atoms with van der Waals surface area (Å²) in [6.45, 7) is 5.74. The Hall–Kier alpha value is -0.580. The van der Waals surface area contributed by atoms with Crippen LogP contribution in [0.3, 0.4) is 0 Å². The Kier molecular flexibility index (Phi) is 5.80. The molecular weight excluding hydrogens is 270 g/mol. The lowest BCUT2D eigenvalue weighted by Gasteiger charge is -2.13. The molecule has 90 valence electrons. The summed E-state index contributed by atoms with van der Waals surface area (Å²) in [5.74, 6) is 0.788. The topological polar surface area (TPSA) is 41.5 Å². The van der Waals surface area contributed by atoms with E-state index in [1.165, 1.54) is 0 Å². The third kappa shape index (κ3) is 4.51. The molecule has 0 aromatic heterocycles. The van der Waals surface area contributed by atoms with Crippen molar-refractivity contribution in [1.29, 1.82) is 0 Å². The van der Waals surface area contributed by atoms with E-state index in [0.29, 0.717) is 13.2 Å². The van der Waals surface area contributed by atoms with Crippen molar-refractivity contribution in [2.45, 2.75) is 20.0 Å². The summed E-state index contributed by atoms with van der Waals surface area (Å²) in [5.41, 5.74) is 1.12.